The van der Waals surface area contributed by atoms with E-state index in [4.69, 9.17) is 4.74 Å². The van der Waals surface area contributed by atoms with Crippen molar-refractivity contribution in [2.45, 2.75) is 12.5 Å². The van der Waals surface area contributed by atoms with Crippen molar-refractivity contribution in [2.75, 3.05) is 31.2 Å². The van der Waals surface area contributed by atoms with Gasteiger partial charge in [0, 0.05) is 24.3 Å². The lowest BCUT2D eigenvalue weighted by molar-refractivity contribution is -0.109. The SMILES string of the molecule is O=CC(Cc1ccc(N2CCOCC2)cc1)NC(=O)c1ccccc1. The van der Waals surface area contributed by atoms with Crippen LogP contribution in [0.15, 0.2) is 54.6 Å². The fraction of sp³-hybridized carbons (Fsp3) is 0.300. The van der Waals surface area contributed by atoms with E-state index in [1.165, 1.54) is 0 Å². The van der Waals surface area contributed by atoms with E-state index >= 15 is 0 Å². The van der Waals surface area contributed by atoms with Crippen molar-refractivity contribution in [1.82, 2.24) is 5.32 Å². The van der Waals surface area contributed by atoms with E-state index in [2.05, 4.69) is 22.3 Å². The highest BCUT2D eigenvalue weighted by Crippen LogP contribution is 2.17. The Morgan fingerprint density at radius 3 is 2.40 bits per heavy atom. The molecule has 1 aliphatic rings. The number of nitrogens with zero attached hydrogens (tertiary/aromatic N) is 1. The summed E-state index contributed by atoms with van der Waals surface area (Å²) in [7, 11) is 0. The first-order valence-electron chi connectivity index (χ1n) is 8.49. The van der Waals surface area contributed by atoms with Gasteiger partial charge < -0.3 is 19.7 Å². The number of carbonyl (C=O) groups excluding carboxylic acids is 2. The molecule has 0 saturated carbocycles. The maximum absolute atomic E-state index is 12.2. The van der Waals surface area contributed by atoms with Gasteiger partial charge in [0.1, 0.15) is 6.29 Å². The Labute approximate surface area is 147 Å². The second kappa shape index (κ2) is 8.44. The van der Waals surface area contributed by atoms with Crippen molar-refractivity contribution in [1.29, 1.82) is 0 Å². The summed E-state index contributed by atoms with van der Waals surface area (Å²) in [4.78, 5) is 25.8. The second-order valence-corrected chi connectivity index (χ2v) is 6.05. The van der Waals surface area contributed by atoms with Crippen LogP contribution in [-0.4, -0.2) is 44.5 Å². The number of amides is 1. The molecule has 1 atom stereocenters. The van der Waals surface area contributed by atoms with Crippen molar-refractivity contribution in [3.8, 4) is 0 Å². The molecule has 0 aliphatic carbocycles. The first kappa shape index (κ1) is 17.2. The lowest BCUT2D eigenvalue weighted by Crippen LogP contribution is -2.37. The van der Waals surface area contributed by atoms with E-state index in [-0.39, 0.29) is 5.91 Å². The summed E-state index contributed by atoms with van der Waals surface area (Å²) in [5.41, 5.74) is 2.72. The van der Waals surface area contributed by atoms with Crippen molar-refractivity contribution in [3.63, 3.8) is 0 Å². The van der Waals surface area contributed by atoms with Gasteiger partial charge in [0.2, 0.25) is 0 Å². The Hall–Kier alpha value is -2.66. The smallest absolute Gasteiger partial charge is 0.251 e. The summed E-state index contributed by atoms with van der Waals surface area (Å²) in [5, 5.41) is 2.78. The summed E-state index contributed by atoms with van der Waals surface area (Å²) in [6, 6.07) is 16.5. The molecule has 3 rings (SSSR count). The maximum Gasteiger partial charge on any atom is 0.251 e. The number of ether oxygens (including phenoxy) is 1. The van der Waals surface area contributed by atoms with Crippen LogP contribution >= 0.6 is 0 Å². The van der Waals surface area contributed by atoms with Gasteiger partial charge in [-0.1, -0.05) is 30.3 Å². The third kappa shape index (κ3) is 4.67. The zero-order chi connectivity index (χ0) is 17.5. The number of rotatable bonds is 6. The third-order valence-corrected chi connectivity index (χ3v) is 4.28. The minimum atomic E-state index is -0.540. The standard InChI is InChI=1S/C20H22N2O3/c23-15-18(21-20(24)17-4-2-1-3-5-17)14-16-6-8-19(9-7-16)22-10-12-25-13-11-22/h1-9,15,18H,10-14H2,(H,21,24). The van der Waals surface area contributed by atoms with Gasteiger partial charge >= 0.3 is 0 Å². The molecule has 2 aromatic carbocycles. The molecule has 5 nitrogen and oxygen atoms in total. The molecule has 1 saturated heterocycles. The van der Waals surface area contributed by atoms with Crippen LogP contribution in [0.4, 0.5) is 5.69 Å². The number of carbonyl (C=O) groups is 2. The van der Waals surface area contributed by atoms with Crippen molar-refractivity contribution in [3.05, 3.63) is 65.7 Å². The third-order valence-electron chi connectivity index (χ3n) is 4.28. The van der Waals surface area contributed by atoms with E-state index in [9.17, 15) is 9.59 Å². The van der Waals surface area contributed by atoms with Gasteiger partial charge in [0.15, 0.2) is 0 Å². The fourth-order valence-corrected chi connectivity index (χ4v) is 2.89. The summed E-state index contributed by atoms with van der Waals surface area (Å²) in [5.74, 6) is -0.234. The van der Waals surface area contributed by atoms with Crippen LogP contribution in [0.25, 0.3) is 0 Å². The number of hydrogen-bond donors (Lipinski definition) is 1. The molecule has 2 aromatic rings. The maximum atomic E-state index is 12.2. The number of hydrogen-bond acceptors (Lipinski definition) is 4. The minimum Gasteiger partial charge on any atom is -0.378 e. The van der Waals surface area contributed by atoms with Gasteiger partial charge in [-0.2, -0.15) is 0 Å². The van der Waals surface area contributed by atoms with Gasteiger partial charge in [-0.05, 0) is 36.2 Å². The zero-order valence-electron chi connectivity index (χ0n) is 14.1. The molecule has 0 spiro atoms. The first-order valence-corrected chi connectivity index (χ1v) is 8.49. The average molecular weight is 338 g/mol. The summed E-state index contributed by atoms with van der Waals surface area (Å²) in [6.45, 7) is 3.29. The summed E-state index contributed by atoms with van der Waals surface area (Å²) in [6.07, 6.45) is 1.27. The van der Waals surface area contributed by atoms with E-state index in [1.54, 1.807) is 24.3 Å². The Bertz CT molecular complexity index is 695. The summed E-state index contributed by atoms with van der Waals surface area (Å²) < 4.78 is 5.36. The topological polar surface area (TPSA) is 58.6 Å². The first-order chi connectivity index (χ1) is 12.3. The second-order valence-electron chi connectivity index (χ2n) is 6.05. The summed E-state index contributed by atoms with van der Waals surface area (Å²) >= 11 is 0. The molecule has 1 unspecified atom stereocenters. The lowest BCUT2D eigenvalue weighted by Gasteiger charge is -2.29. The molecule has 0 radical (unpaired) electrons. The van der Waals surface area contributed by atoms with Gasteiger partial charge in [-0.15, -0.1) is 0 Å². The van der Waals surface area contributed by atoms with Crippen molar-refractivity contribution < 1.29 is 14.3 Å². The van der Waals surface area contributed by atoms with Crippen LogP contribution in [-0.2, 0) is 16.0 Å². The number of morpholine rings is 1. The van der Waals surface area contributed by atoms with Gasteiger partial charge in [-0.25, -0.2) is 0 Å². The molecule has 1 amide bonds. The van der Waals surface area contributed by atoms with Crippen LogP contribution in [0, 0.1) is 0 Å². The normalized spacial score (nSPS) is 15.4. The molecule has 1 fully saturated rings. The number of benzene rings is 2. The van der Waals surface area contributed by atoms with Crippen molar-refractivity contribution in [2.24, 2.45) is 0 Å². The van der Waals surface area contributed by atoms with Crippen LogP contribution in [0.3, 0.4) is 0 Å². The number of aldehydes is 1. The molecule has 0 bridgehead atoms. The number of nitrogens with one attached hydrogen (secondary N) is 1. The highest BCUT2D eigenvalue weighted by molar-refractivity contribution is 5.95. The van der Waals surface area contributed by atoms with E-state index in [0.29, 0.717) is 12.0 Å². The molecule has 130 valence electrons. The van der Waals surface area contributed by atoms with E-state index in [1.807, 2.05) is 18.2 Å². The Morgan fingerprint density at radius 2 is 1.76 bits per heavy atom. The monoisotopic (exact) mass is 338 g/mol. The molecular weight excluding hydrogens is 316 g/mol. The van der Waals surface area contributed by atoms with Gasteiger partial charge in [-0.3, -0.25) is 4.79 Å². The fourth-order valence-electron chi connectivity index (χ4n) is 2.89. The molecule has 25 heavy (non-hydrogen) atoms. The molecule has 1 heterocycles. The largest absolute Gasteiger partial charge is 0.378 e. The van der Waals surface area contributed by atoms with Crippen LogP contribution in [0.1, 0.15) is 15.9 Å². The number of anilines is 1. The lowest BCUT2D eigenvalue weighted by atomic mass is 10.1. The molecule has 5 heteroatoms. The molecule has 1 aliphatic heterocycles. The molecular formula is C20H22N2O3. The van der Waals surface area contributed by atoms with Crippen molar-refractivity contribution >= 4 is 17.9 Å². The van der Waals surface area contributed by atoms with E-state index in [0.717, 1.165) is 43.8 Å². The zero-order valence-corrected chi connectivity index (χ0v) is 14.1. The van der Waals surface area contributed by atoms with Crippen LogP contribution in [0.5, 0.6) is 0 Å². The predicted molar refractivity (Wildman–Crippen MR) is 96.9 cm³/mol. The predicted octanol–water partition coefficient (Wildman–Crippen LogP) is 2.06. The average Bonchev–Trinajstić information content (AvgIpc) is 2.69. The molecule has 1 N–H and O–H groups in total. The van der Waals surface area contributed by atoms with Gasteiger partial charge in [0.25, 0.3) is 5.91 Å². The molecule has 0 aromatic heterocycles. The highest BCUT2D eigenvalue weighted by atomic mass is 16.5. The Morgan fingerprint density at radius 1 is 1.08 bits per heavy atom. The highest BCUT2D eigenvalue weighted by Gasteiger charge is 2.15. The van der Waals surface area contributed by atoms with Gasteiger partial charge in [0.05, 0.1) is 19.3 Å². The van der Waals surface area contributed by atoms with Crippen LogP contribution in [0.2, 0.25) is 0 Å². The Balaban J connectivity index is 1.59. The van der Waals surface area contributed by atoms with E-state index < -0.39 is 6.04 Å². The quantitative estimate of drug-likeness (QED) is 0.819. The Kier molecular flexibility index (Phi) is 5.80. The minimum absolute atomic E-state index is 0.234. The van der Waals surface area contributed by atoms with Crippen LogP contribution < -0.4 is 10.2 Å².